The number of sulfonamides is 2. The maximum Gasteiger partial charge on any atom is 0.262 e. The average Bonchev–Trinajstić information content (AvgIpc) is 2.66. The quantitative estimate of drug-likeness (QED) is 0.610. The van der Waals surface area contributed by atoms with Crippen LogP contribution in [-0.4, -0.2) is 40.8 Å². The molecule has 29 heavy (non-hydrogen) atoms. The standard InChI is InChI=1S/C18H22ClFN2O5S2/c1-4-22(5-2)29(25,26)14-8-10-18(27-6-3)17(12-14)21-28(23,24)13-7-9-16(20)15(19)11-13/h7-12,21H,4-6H2,1-3H3. The minimum absolute atomic E-state index is 0.0551. The molecule has 0 heterocycles. The third-order valence-electron chi connectivity index (χ3n) is 4.04. The van der Waals surface area contributed by atoms with E-state index in [2.05, 4.69) is 4.72 Å². The molecule has 0 aromatic heterocycles. The van der Waals surface area contributed by atoms with Gasteiger partial charge in [0.15, 0.2) is 0 Å². The van der Waals surface area contributed by atoms with Crippen LogP contribution in [0.15, 0.2) is 46.2 Å². The van der Waals surface area contributed by atoms with E-state index < -0.39 is 25.9 Å². The number of nitrogens with one attached hydrogen (secondary N) is 1. The maximum absolute atomic E-state index is 13.4. The zero-order chi connectivity index (χ0) is 21.8. The van der Waals surface area contributed by atoms with Gasteiger partial charge in [0.05, 0.1) is 27.1 Å². The molecule has 0 bridgehead atoms. The molecule has 0 spiro atoms. The fourth-order valence-electron chi connectivity index (χ4n) is 2.59. The lowest BCUT2D eigenvalue weighted by Gasteiger charge is -2.20. The molecule has 0 unspecified atom stereocenters. The third-order valence-corrected chi connectivity index (χ3v) is 7.74. The number of rotatable bonds is 9. The van der Waals surface area contributed by atoms with E-state index in [1.807, 2.05) is 0 Å². The van der Waals surface area contributed by atoms with Crippen LogP contribution in [0.5, 0.6) is 5.75 Å². The molecule has 2 aromatic carbocycles. The van der Waals surface area contributed by atoms with Crippen LogP contribution >= 0.6 is 11.6 Å². The Morgan fingerprint density at radius 3 is 2.17 bits per heavy atom. The van der Waals surface area contributed by atoms with E-state index in [4.69, 9.17) is 16.3 Å². The van der Waals surface area contributed by atoms with E-state index in [1.165, 1.54) is 22.5 Å². The van der Waals surface area contributed by atoms with Crippen molar-refractivity contribution in [2.45, 2.75) is 30.6 Å². The summed E-state index contributed by atoms with van der Waals surface area (Å²) in [5.41, 5.74) is -0.0551. The van der Waals surface area contributed by atoms with Gasteiger partial charge in [-0.2, -0.15) is 4.31 Å². The van der Waals surface area contributed by atoms with Gasteiger partial charge in [-0.1, -0.05) is 25.4 Å². The zero-order valence-electron chi connectivity index (χ0n) is 16.1. The molecule has 7 nitrogen and oxygen atoms in total. The minimum Gasteiger partial charge on any atom is -0.492 e. The van der Waals surface area contributed by atoms with E-state index in [0.717, 1.165) is 18.2 Å². The van der Waals surface area contributed by atoms with Crippen LogP contribution in [-0.2, 0) is 20.0 Å². The van der Waals surface area contributed by atoms with Crippen LogP contribution in [0.25, 0.3) is 0 Å². The summed E-state index contributed by atoms with van der Waals surface area (Å²) in [5.74, 6) is -0.601. The van der Waals surface area contributed by atoms with E-state index in [9.17, 15) is 21.2 Å². The van der Waals surface area contributed by atoms with Crippen molar-refractivity contribution in [3.63, 3.8) is 0 Å². The van der Waals surface area contributed by atoms with Gasteiger partial charge < -0.3 is 4.74 Å². The summed E-state index contributed by atoms with van der Waals surface area (Å²) in [6.07, 6.45) is 0. The molecule has 0 amide bonds. The van der Waals surface area contributed by atoms with E-state index >= 15 is 0 Å². The van der Waals surface area contributed by atoms with Crippen LogP contribution in [0.4, 0.5) is 10.1 Å². The summed E-state index contributed by atoms with van der Waals surface area (Å²) in [6, 6.07) is 6.89. The first-order valence-corrected chi connectivity index (χ1v) is 12.1. The second-order valence-electron chi connectivity index (χ2n) is 5.86. The lowest BCUT2D eigenvalue weighted by Crippen LogP contribution is -2.30. The molecular formula is C18H22ClFN2O5S2. The zero-order valence-corrected chi connectivity index (χ0v) is 18.5. The summed E-state index contributed by atoms with van der Waals surface area (Å²) in [6.45, 7) is 5.88. The van der Waals surface area contributed by atoms with Gasteiger partial charge in [0.2, 0.25) is 10.0 Å². The third kappa shape index (κ3) is 5.19. The highest BCUT2D eigenvalue weighted by Gasteiger charge is 2.25. The monoisotopic (exact) mass is 464 g/mol. The van der Waals surface area contributed by atoms with Crippen LogP contribution in [0, 0.1) is 5.82 Å². The van der Waals surface area contributed by atoms with Crippen LogP contribution < -0.4 is 9.46 Å². The average molecular weight is 465 g/mol. The molecule has 0 aliphatic heterocycles. The fraction of sp³-hybridized carbons (Fsp3) is 0.333. The second kappa shape index (κ2) is 9.29. The summed E-state index contributed by atoms with van der Waals surface area (Å²) in [4.78, 5) is -0.358. The molecule has 0 atom stereocenters. The van der Waals surface area contributed by atoms with Crippen LogP contribution in [0.3, 0.4) is 0 Å². The normalized spacial score (nSPS) is 12.2. The molecule has 0 fully saturated rings. The Morgan fingerprint density at radius 1 is 1.00 bits per heavy atom. The van der Waals surface area contributed by atoms with Crippen molar-refractivity contribution in [2.75, 3.05) is 24.4 Å². The predicted molar refractivity (Wildman–Crippen MR) is 110 cm³/mol. The molecule has 0 saturated heterocycles. The minimum atomic E-state index is -4.18. The van der Waals surface area contributed by atoms with Gasteiger partial charge in [0.1, 0.15) is 11.6 Å². The van der Waals surface area contributed by atoms with Crippen LogP contribution in [0.2, 0.25) is 5.02 Å². The van der Waals surface area contributed by atoms with E-state index in [-0.39, 0.29) is 45.9 Å². The molecule has 0 radical (unpaired) electrons. The maximum atomic E-state index is 13.4. The van der Waals surface area contributed by atoms with Crippen molar-refractivity contribution >= 4 is 37.3 Å². The van der Waals surface area contributed by atoms with Crippen molar-refractivity contribution in [3.8, 4) is 5.75 Å². The number of ether oxygens (including phenoxy) is 1. The summed E-state index contributed by atoms with van der Waals surface area (Å²) >= 11 is 5.68. The summed E-state index contributed by atoms with van der Waals surface area (Å²) in [5, 5.41) is -0.351. The van der Waals surface area contributed by atoms with Gasteiger partial charge >= 0.3 is 0 Å². The van der Waals surface area contributed by atoms with Crippen molar-refractivity contribution in [1.29, 1.82) is 0 Å². The van der Waals surface area contributed by atoms with E-state index in [0.29, 0.717) is 0 Å². The lowest BCUT2D eigenvalue weighted by molar-refractivity contribution is 0.341. The topological polar surface area (TPSA) is 92.8 Å². The van der Waals surface area contributed by atoms with Gasteiger partial charge in [0.25, 0.3) is 10.0 Å². The Hall–Kier alpha value is -1.88. The highest BCUT2D eigenvalue weighted by Crippen LogP contribution is 2.31. The highest BCUT2D eigenvalue weighted by atomic mass is 35.5. The van der Waals surface area contributed by atoms with Crippen molar-refractivity contribution in [3.05, 3.63) is 47.2 Å². The van der Waals surface area contributed by atoms with Gasteiger partial charge in [-0.3, -0.25) is 4.72 Å². The van der Waals surface area contributed by atoms with Crippen molar-refractivity contribution in [1.82, 2.24) is 4.31 Å². The Bertz CT molecular complexity index is 1090. The number of hydrogen-bond acceptors (Lipinski definition) is 5. The van der Waals surface area contributed by atoms with Gasteiger partial charge in [-0.25, -0.2) is 21.2 Å². The number of halogens is 2. The first kappa shape index (κ1) is 23.4. The molecule has 2 rings (SSSR count). The molecule has 1 N–H and O–H groups in total. The van der Waals surface area contributed by atoms with Gasteiger partial charge in [0, 0.05) is 13.1 Å². The summed E-state index contributed by atoms with van der Waals surface area (Å²) in [7, 11) is -7.99. The Balaban J connectivity index is 2.53. The SMILES string of the molecule is CCOc1ccc(S(=O)(=O)N(CC)CC)cc1NS(=O)(=O)c1ccc(F)c(Cl)c1. The predicted octanol–water partition coefficient (Wildman–Crippen LogP) is 3.71. The Morgan fingerprint density at radius 2 is 1.62 bits per heavy atom. The Kier molecular flexibility index (Phi) is 7.50. The number of benzene rings is 2. The number of nitrogens with zero attached hydrogens (tertiary/aromatic N) is 1. The first-order valence-electron chi connectivity index (χ1n) is 8.81. The Labute approximate surface area is 175 Å². The largest absolute Gasteiger partial charge is 0.492 e. The van der Waals surface area contributed by atoms with Crippen LogP contribution in [0.1, 0.15) is 20.8 Å². The molecule has 2 aromatic rings. The molecule has 0 aliphatic carbocycles. The molecule has 11 heteroatoms. The second-order valence-corrected chi connectivity index (χ2v) is 9.89. The highest BCUT2D eigenvalue weighted by molar-refractivity contribution is 7.92. The molecular weight excluding hydrogens is 443 g/mol. The van der Waals surface area contributed by atoms with E-state index in [1.54, 1.807) is 20.8 Å². The molecule has 0 saturated carbocycles. The molecule has 0 aliphatic rings. The summed E-state index contributed by atoms with van der Waals surface area (Å²) < 4.78 is 73.4. The number of anilines is 1. The van der Waals surface area contributed by atoms with Gasteiger partial charge in [-0.15, -0.1) is 0 Å². The number of hydrogen-bond donors (Lipinski definition) is 1. The smallest absolute Gasteiger partial charge is 0.262 e. The molecule has 160 valence electrons. The van der Waals surface area contributed by atoms with Gasteiger partial charge in [-0.05, 0) is 43.3 Å². The van der Waals surface area contributed by atoms with Crippen molar-refractivity contribution < 1.29 is 26.0 Å². The fourth-order valence-corrected chi connectivity index (χ4v) is 5.41. The first-order chi connectivity index (χ1) is 13.6. The lowest BCUT2D eigenvalue weighted by atomic mass is 10.3. The van der Waals surface area contributed by atoms with Crippen molar-refractivity contribution in [2.24, 2.45) is 0 Å².